The molecule has 0 radical (unpaired) electrons. The summed E-state index contributed by atoms with van der Waals surface area (Å²) in [6.45, 7) is -0.460. The van der Waals surface area contributed by atoms with Crippen LogP contribution in [-0.4, -0.2) is 23.3 Å². The van der Waals surface area contributed by atoms with Gasteiger partial charge < -0.3 is 15.4 Å². The minimum atomic E-state index is -0.795. The average molecular weight is 539 g/mol. The Hall–Kier alpha value is -4.56. The van der Waals surface area contributed by atoms with Gasteiger partial charge in [0.15, 0.2) is 6.61 Å². The highest BCUT2D eigenvalue weighted by molar-refractivity contribution is 9.10. The molecule has 2 N–H and O–H groups in total. The molecule has 0 atom stereocenters. The van der Waals surface area contributed by atoms with Gasteiger partial charge >= 0.3 is 0 Å². The molecule has 0 unspecified atom stereocenters. The van der Waals surface area contributed by atoms with Gasteiger partial charge in [0, 0.05) is 27.9 Å². The van der Waals surface area contributed by atoms with E-state index in [1.807, 2.05) is 0 Å². The van der Waals surface area contributed by atoms with Crippen LogP contribution >= 0.6 is 15.9 Å². The third kappa shape index (κ3) is 6.96. The Balaban J connectivity index is 1.76. The molecular weight excluding hydrogens is 523 g/mol. The Morgan fingerprint density at radius 1 is 1.11 bits per heavy atom. The first-order valence-corrected chi connectivity index (χ1v) is 10.7. The molecule has 0 aliphatic rings. The molecule has 0 aliphatic carbocycles. The van der Waals surface area contributed by atoms with Crippen molar-refractivity contribution in [2.45, 2.75) is 0 Å². The number of nitro benzene ring substituents is 1. The minimum Gasteiger partial charge on any atom is -0.483 e. The fourth-order valence-electron chi connectivity index (χ4n) is 2.86. The fraction of sp³-hybridized carbons (Fsp3) is 0.0417. The Morgan fingerprint density at radius 3 is 2.60 bits per heavy atom. The smallest absolute Gasteiger partial charge is 0.271 e. The van der Waals surface area contributed by atoms with Crippen LogP contribution in [0.5, 0.6) is 5.75 Å². The zero-order valence-corrected chi connectivity index (χ0v) is 19.4. The standard InChI is InChI=1S/C24H16BrFN4O5/c25-17-8-9-22(35-14-23(31)29-21-7-2-1-6-20(21)26)15(11-17)10-16(13-27)24(32)28-18-4-3-5-19(12-18)30(33)34/h1-12H,14H2,(H,28,32)(H,29,31)/b16-10-. The molecule has 0 saturated heterocycles. The molecule has 176 valence electrons. The number of nitrogens with zero attached hydrogens (tertiary/aromatic N) is 2. The van der Waals surface area contributed by atoms with E-state index in [1.165, 1.54) is 48.5 Å². The van der Waals surface area contributed by atoms with Crippen molar-refractivity contribution in [2.75, 3.05) is 17.2 Å². The second-order valence-corrected chi connectivity index (χ2v) is 7.85. The molecule has 0 aliphatic heterocycles. The van der Waals surface area contributed by atoms with Gasteiger partial charge in [-0.25, -0.2) is 4.39 Å². The van der Waals surface area contributed by atoms with Crippen molar-refractivity contribution in [2.24, 2.45) is 0 Å². The number of hydrogen-bond donors (Lipinski definition) is 2. The lowest BCUT2D eigenvalue weighted by Crippen LogP contribution is -2.21. The quantitative estimate of drug-likeness (QED) is 0.178. The Bertz CT molecular complexity index is 1370. The molecule has 3 aromatic carbocycles. The number of rotatable bonds is 8. The average Bonchev–Trinajstić information content (AvgIpc) is 2.83. The number of ether oxygens (including phenoxy) is 1. The van der Waals surface area contributed by atoms with E-state index < -0.39 is 29.2 Å². The summed E-state index contributed by atoms with van der Waals surface area (Å²) in [5.41, 5.74) is -0.0804. The SMILES string of the molecule is N#C/C(=C/c1cc(Br)ccc1OCC(=O)Nc1ccccc1F)C(=O)Nc1cccc([N+](=O)[O-])c1. The summed E-state index contributed by atoms with van der Waals surface area (Å²) >= 11 is 3.30. The summed E-state index contributed by atoms with van der Waals surface area (Å²) in [7, 11) is 0. The van der Waals surface area contributed by atoms with E-state index >= 15 is 0 Å². The monoisotopic (exact) mass is 538 g/mol. The van der Waals surface area contributed by atoms with Gasteiger partial charge in [-0.05, 0) is 42.5 Å². The predicted octanol–water partition coefficient (Wildman–Crippen LogP) is 5.06. The molecule has 2 amide bonds. The van der Waals surface area contributed by atoms with Gasteiger partial charge in [0.25, 0.3) is 17.5 Å². The molecular formula is C24H16BrFN4O5. The first-order chi connectivity index (χ1) is 16.8. The van der Waals surface area contributed by atoms with E-state index in [-0.39, 0.29) is 28.4 Å². The van der Waals surface area contributed by atoms with E-state index in [2.05, 4.69) is 26.6 Å². The second-order valence-electron chi connectivity index (χ2n) is 6.93. The van der Waals surface area contributed by atoms with Crippen LogP contribution in [0.2, 0.25) is 0 Å². The molecule has 11 heteroatoms. The van der Waals surface area contributed by atoms with Crippen molar-refractivity contribution in [3.8, 4) is 11.8 Å². The summed E-state index contributed by atoms with van der Waals surface area (Å²) in [5.74, 6) is -1.82. The molecule has 0 saturated carbocycles. The molecule has 3 rings (SSSR count). The van der Waals surface area contributed by atoms with Gasteiger partial charge in [0.1, 0.15) is 23.2 Å². The van der Waals surface area contributed by atoms with Gasteiger partial charge in [0.2, 0.25) is 0 Å². The van der Waals surface area contributed by atoms with Crippen LogP contribution in [0.3, 0.4) is 0 Å². The third-order valence-corrected chi connectivity index (χ3v) is 4.95. The largest absolute Gasteiger partial charge is 0.483 e. The molecule has 9 nitrogen and oxygen atoms in total. The first-order valence-electron chi connectivity index (χ1n) is 9.91. The maximum absolute atomic E-state index is 13.7. The predicted molar refractivity (Wildman–Crippen MR) is 130 cm³/mol. The number of amides is 2. The number of hydrogen-bond acceptors (Lipinski definition) is 6. The zero-order chi connectivity index (χ0) is 25.4. The molecule has 35 heavy (non-hydrogen) atoms. The van der Waals surface area contributed by atoms with Crippen molar-refractivity contribution in [1.29, 1.82) is 5.26 Å². The minimum absolute atomic E-state index is 0.00149. The highest BCUT2D eigenvalue weighted by Gasteiger charge is 2.15. The van der Waals surface area contributed by atoms with E-state index in [1.54, 1.807) is 24.3 Å². The molecule has 0 spiro atoms. The topological polar surface area (TPSA) is 134 Å². The van der Waals surface area contributed by atoms with E-state index in [9.17, 15) is 29.4 Å². The highest BCUT2D eigenvalue weighted by Crippen LogP contribution is 2.26. The zero-order valence-electron chi connectivity index (χ0n) is 17.8. The number of para-hydroxylation sites is 1. The Labute approximate surface area is 207 Å². The van der Waals surface area contributed by atoms with Crippen LogP contribution in [0.4, 0.5) is 21.5 Å². The summed E-state index contributed by atoms with van der Waals surface area (Å²) in [5, 5.41) is 25.3. The molecule has 0 aromatic heterocycles. The molecule has 3 aromatic rings. The van der Waals surface area contributed by atoms with Gasteiger partial charge in [-0.3, -0.25) is 19.7 Å². The number of carbonyl (C=O) groups is 2. The number of nitriles is 1. The van der Waals surface area contributed by atoms with Gasteiger partial charge in [0.05, 0.1) is 10.6 Å². The van der Waals surface area contributed by atoms with Crippen LogP contribution in [0, 0.1) is 27.3 Å². The van der Waals surface area contributed by atoms with Crippen molar-refractivity contribution in [3.05, 3.63) is 98.3 Å². The maximum Gasteiger partial charge on any atom is 0.271 e. The van der Waals surface area contributed by atoms with E-state index in [4.69, 9.17) is 4.74 Å². The number of non-ortho nitro benzene ring substituents is 1. The summed E-state index contributed by atoms with van der Waals surface area (Å²) in [6, 6.07) is 17.5. The number of halogens is 2. The van der Waals surface area contributed by atoms with Crippen LogP contribution in [-0.2, 0) is 9.59 Å². The van der Waals surface area contributed by atoms with Gasteiger partial charge in [-0.15, -0.1) is 0 Å². The second kappa shape index (κ2) is 11.5. The van der Waals surface area contributed by atoms with Crippen LogP contribution in [0.1, 0.15) is 5.56 Å². The normalized spacial score (nSPS) is 10.7. The fourth-order valence-corrected chi connectivity index (χ4v) is 3.23. The van der Waals surface area contributed by atoms with Crippen molar-refractivity contribution in [3.63, 3.8) is 0 Å². The van der Waals surface area contributed by atoms with E-state index in [0.717, 1.165) is 6.07 Å². The van der Waals surface area contributed by atoms with Gasteiger partial charge in [-0.1, -0.05) is 34.1 Å². The number of carbonyl (C=O) groups excluding carboxylic acids is 2. The number of anilines is 2. The van der Waals surface area contributed by atoms with Crippen molar-refractivity contribution >= 4 is 50.9 Å². The lowest BCUT2D eigenvalue weighted by atomic mass is 10.1. The van der Waals surface area contributed by atoms with Crippen molar-refractivity contribution < 1.29 is 23.6 Å². The maximum atomic E-state index is 13.7. The lowest BCUT2D eigenvalue weighted by molar-refractivity contribution is -0.384. The van der Waals surface area contributed by atoms with Crippen molar-refractivity contribution in [1.82, 2.24) is 0 Å². The first kappa shape index (κ1) is 25.1. The Kier molecular flexibility index (Phi) is 8.26. The molecule has 0 bridgehead atoms. The molecule has 0 fully saturated rings. The summed E-state index contributed by atoms with van der Waals surface area (Å²) in [6.07, 6.45) is 1.25. The van der Waals surface area contributed by atoms with Gasteiger partial charge in [-0.2, -0.15) is 5.26 Å². The van der Waals surface area contributed by atoms with Crippen LogP contribution in [0.25, 0.3) is 6.08 Å². The third-order valence-electron chi connectivity index (χ3n) is 4.46. The number of benzene rings is 3. The highest BCUT2D eigenvalue weighted by atomic mass is 79.9. The summed E-state index contributed by atoms with van der Waals surface area (Å²) < 4.78 is 19.9. The molecule has 0 heterocycles. The summed E-state index contributed by atoms with van der Waals surface area (Å²) in [4.78, 5) is 35.1. The number of nitro groups is 1. The van der Waals surface area contributed by atoms with Crippen LogP contribution < -0.4 is 15.4 Å². The lowest BCUT2D eigenvalue weighted by Gasteiger charge is -2.11. The van der Waals surface area contributed by atoms with E-state index in [0.29, 0.717) is 10.0 Å². The Morgan fingerprint density at radius 2 is 1.89 bits per heavy atom. The van der Waals surface area contributed by atoms with Crippen LogP contribution in [0.15, 0.2) is 76.8 Å². The number of nitrogens with one attached hydrogen (secondary N) is 2.